The molecule has 0 unspecified atom stereocenters. The number of anilines is 1. The van der Waals surface area contributed by atoms with Gasteiger partial charge in [0.25, 0.3) is 5.56 Å². The molecule has 2 aliphatic rings. The van der Waals surface area contributed by atoms with Gasteiger partial charge in [0.15, 0.2) is 11.5 Å². The fourth-order valence-corrected chi connectivity index (χ4v) is 3.92. The third-order valence-corrected chi connectivity index (χ3v) is 5.47. The van der Waals surface area contributed by atoms with Crippen LogP contribution in [0.15, 0.2) is 21.7 Å². The molecule has 1 N–H and O–H groups in total. The first-order valence-corrected chi connectivity index (χ1v) is 11.3. The van der Waals surface area contributed by atoms with E-state index in [-0.39, 0.29) is 11.3 Å². The third kappa shape index (κ3) is 5.73. The molecule has 2 aliphatic heterocycles. The van der Waals surface area contributed by atoms with Crippen molar-refractivity contribution in [1.82, 2.24) is 19.5 Å². The summed E-state index contributed by atoms with van der Waals surface area (Å²) in [5, 5.41) is 0. The lowest BCUT2D eigenvalue weighted by molar-refractivity contribution is -0.00475. The predicted octanol–water partition coefficient (Wildman–Crippen LogP) is 3.72. The summed E-state index contributed by atoms with van der Waals surface area (Å²) in [6.45, 7) is 9.69. The summed E-state index contributed by atoms with van der Waals surface area (Å²) < 4.78 is 7.75. The van der Waals surface area contributed by atoms with Crippen molar-refractivity contribution in [3.05, 3.63) is 38.5 Å². The van der Waals surface area contributed by atoms with Crippen LogP contribution in [0.3, 0.4) is 0 Å². The van der Waals surface area contributed by atoms with Crippen LogP contribution in [0.2, 0.25) is 0 Å². The van der Waals surface area contributed by atoms with Crippen LogP contribution in [-0.4, -0.2) is 45.8 Å². The zero-order valence-corrected chi connectivity index (χ0v) is 20.1. The lowest BCUT2D eigenvalue weighted by Gasteiger charge is -2.21. The van der Waals surface area contributed by atoms with Gasteiger partial charge >= 0.3 is 5.69 Å². The second-order valence-corrected chi connectivity index (χ2v) is 9.56. The molecule has 1 aromatic carbocycles. The first-order chi connectivity index (χ1) is 15.1. The Hall–Kier alpha value is -2.74. The van der Waals surface area contributed by atoms with Gasteiger partial charge in [0, 0.05) is 32.9 Å². The van der Waals surface area contributed by atoms with E-state index in [4.69, 9.17) is 4.74 Å². The number of H-pyrrole nitrogens is 1. The zero-order valence-electron chi connectivity index (χ0n) is 20.1. The summed E-state index contributed by atoms with van der Waals surface area (Å²) in [5.41, 5.74) is 2.72. The van der Waals surface area contributed by atoms with Gasteiger partial charge in [0.1, 0.15) is 0 Å². The molecular formula is C24H35N5O3. The Balaban J connectivity index is 1.82. The molecule has 0 amide bonds. The van der Waals surface area contributed by atoms with E-state index in [1.807, 2.05) is 36.6 Å². The second kappa shape index (κ2) is 9.81. The number of ether oxygens (including phenoxy) is 1. The molecule has 1 aromatic rings. The molecule has 3 rings (SSSR count). The standard InChI is InChI=1S/C24H35N5O3/c1-16-14-17-19(15-18(16)28(5)6)29(21-20(25-17)22(30)27-23(31)26-21)12-10-8-7-9-11-13-32-24(2,3)4/h14-15H,7-13H2,1-6H3,(H,27,30,31). The average Bonchev–Trinajstić information content (AvgIpc) is 2.68. The van der Waals surface area contributed by atoms with E-state index in [2.05, 4.69) is 41.8 Å². The van der Waals surface area contributed by atoms with Crippen LogP contribution >= 0.6 is 0 Å². The van der Waals surface area contributed by atoms with Crippen LogP contribution < -0.4 is 16.1 Å². The van der Waals surface area contributed by atoms with E-state index >= 15 is 0 Å². The van der Waals surface area contributed by atoms with E-state index < -0.39 is 11.2 Å². The fourth-order valence-electron chi connectivity index (χ4n) is 3.92. The van der Waals surface area contributed by atoms with Gasteiger partial charge in [0.05, 0.1) is 16.6 Å². The minimum atomic E-state index is -0.642. The number of aryl methyl sites for hydroxylation is 2. The number of hydrogen-bond acceptors (Lipinski definition) is 6. The van der Waals surface area contributed by atoms with Gasteiger partial charge in [-0.05, 0) is 58.2 Å². The molecule has 0 saturated carbocycles. The molecule has 174 valence electrons. The van der Waals surface area contributed by atoms with Crippen molar-refractivity contribution >= 4 is 16.7 Å². The van der Waals surface area contributed by atoms with Crippen molar-refractivity contribution < 1.29 is 4.74 Å². The molecule has 0 aromatic heterocycles. The van der Waals surface area contributed by atoms with Gasteiger partial charge in [-0.2, -0.15) is 4.98 Å². The number of benzene rings is 1. The van der Waals surface area contributed by atoms with Crippen molar-refractivity contribution in [2.75, 3.05) is 25.6 Å². The number of aromatic amines is 1. The summed E-state index contributed by atoms with van der Waals surface area (Å²) in [4.78, 5) is 37.3. The lowest BCUT2D eigenvalue weighted by atomic mass is 10.1. The van der Waals surface area contributed by atoms with Crippen LogP contribution in [0.25, 0.3) is 22.6 Å². The first kappa shape index (κ1) is 23.9. The highest BCUT2D eigenvalue weighted by molar-refractivity contribution is 5.84. The zero-order chi connectivity index (χ0) is 23.5. The van der Waals surface area contributed by atoms with Crippen LogP contribution in [0.4, 0.5) is 5.69 Å². The maximum atomic E-state index is 12.4. The van der Waals surface area contributed by atoms with Crippen LogP contribution in [-0.2, 0) is 11.3 Å². The summed E-state index contributed by atoms with van der Waals surface area (Å²) >= 11 is 0. The van der Waals surface area contributed by atoms with Crippen LogP contribution in [0.1, 0.15) is 58.4 Å². The largest absolute Gasteiger partial charge is 0.377 e. The molecule has 2 heterocycles. The summed E-state index contributed by atoms with van der Waals surface area (Å²) in [5.74, 6) is 0.346. The number of hydrogen-bond donors (Lipinski definition) is 1. The van der Waals surface area contributed by atoms with Gasteiger partial charge in [-0.25, -0.2) is 9.78 Å². The molecular weight excluding hydrogens is 406 g/mol. The van der Waals surface area contributed by atoms with Gasteiger partial charge < -0.3 is 14.2 Å². The van der Waals surface area contributed by atoms with Gasteiger partial charge in [-0.3, -0.25) is 9.78 Å². The molecule has 0 spiro atoms. The molecule has 0 aliphatic carbocycles. The normalized spacial score (nSPS) is 12.1. The highest BCUT2D eigenvalue weighted by atomic mass is 16.5. The lowest BCUT2D eigenvalue weighted by Crippen LogP contribution is -2.29. The second-order valence-electron chi connectivity index (χ2n) is 9.56. The number of nitrogens with zero attached hydrogens (tertiary/aromatic N) is 4. The maximum Gasteiger partial charge on any atom is 0.349 e. The number of aromatic nitrogens is 4. The minimum Gasteiger partial charge on any atom is -0.377 e. The molecule has 0 fully saturated rings. The Morgan fingerprint density at radius 2 is 1.72 bits per heavy atom. The van der Waals surface area contributed by atoms with Gasteiger partial charge in [-0.15, -0.1) is 0 Å². The van der Waals surface area contributed by atoms with Gasteiger partial charge in [-0.1, -0.05) is 19.3 Å². The van der Waals surface area contributed by atoms with Crippen LogP contribution in [0, 0.1) is 6.92 Å². The number of unbranched alkanes of at least 4 members (excludes halogenated alkanes) is 4. The minimum absolute atomic E-state index is 0.0882. The smallest absolute Gasteiger partial charge is 0.349 e. The molecule has 0 bridgehead atoms. The first-order valence-electron chi connectivity index (χ1n) is 11.3. The quantitative estimate of drug-likeness (QED) is 0.402. The van der Waals surface area contributed by atoms with E-state index in [0.29, 0.717) is 12.4 Å². The monoisotopic (exact) mass is 441 g/mol. The average molecular weight is 442 g/mol. The fraction of sp³-hybridized carbons (Fsp3) is 0.583. The number of nitrogens with one attached hydrogen (secondary N) is 1. The molecule has 0 atom stereocenters. The summed E-state index contributed by atoms with van der Waals surface area (Å²) in [7, 11) is 3.99. The Kier molecular flexibility index (Phi) is 7.33. The van der Waals surface area contributed by atoms with E-state index in [0.717, 1.165) is 61.0 Å². The number of fused-ring (bicyclic) bond motifs is 2. The summed E-state index contributed by atoms with van der Waals surface area (Å²) in [6, 6.07) is 4.05. The SMILES string of the molecule is Cc1cc2nc3c(=O)[nH]c(=O)nc-3n(CCCCCCCOC(C)(C)C)c2cc1N(C)C. The van der Waals surface area contributed by atoms with Crippen molar-refractivity contribution in [3.8, 4) is 11.5 Å². The van der Waals surface area contributed by atoms with Crippen molar-refractivity contribution in [2.45, 2.75) is 71.9 Å². The third-order valence-electron chi connectivity index (χ3n) is 5.47. The van der Waals surface area contributed by atoms with E-state index in [1.54, 1.807) is 0 Å². The highest BCUT2D eigenvalue weighted by Gasteiger charge is 2.19. The molecule has 8 nitrogen and oxygen atoms in total. The van der Waals surface area contributed by atoms with E-state index in [1.165, 1.54) is 0 Å². The molecule has 0 radical (unpaired) electrons. The molecule has 32 heavy (non-hydrogen) atoms. The van der Waals surface area contributed by atoms with Crippen LogP contribution in [0.5, 0.6) is 0 Å². The summed E-state index contributed by atoms with van der Waals surface area (Å²) in [6.07, 6.45) is 5.25. The molecule has 8 heteroatoms. The van der Waals surface area contributed by atoms with Crippen molar-refractivity contribution in [3.63, 3.8) is 0 Å². The highest BCUT2D eigenvalue weighted by Crippen LogP contribution is 2.28. The predicted molar refractivity (Wildman–Crippen MR) is 129 cm³/mol. The molecule has 0 saturated heterocycles. The maximum absolute atomic E-state index is 12.4. The topological polar surface area (TPSA) is 93.1 Å². The Labute approximate surface area is 189 Å². The van der Waals surface area contributed by atoms with Crippen molar-refractivity contribution in [1.29, 1.82) is 0 Å². The van der Waals surface area contributed by atoms with E-state index in [9.17, 15) is 9.59 Å². The van der Waals surface area contributed by atoms with Gasteiger partial charge in [0.2, 0.25) is 0 Å². The Morgan fingerprint density at radius 3 is 2.41 bits per heavy atom. The Bertz CT molecular complexity index is 1160. The number of rotatable bonds is 9. The Morgan fingerprint density at radius 1 is 1.03 bits per heavy atom. The van der Waals surface area contributed by atoms with Crippen molar-refractivity contribution in [2.24, 2.45) is 0 Å².